The molecule has 0 radical (unpaired) electrons. The summed E-state index contributed by atoms with van der Waals surface area (Å²) in [6.07, 6.45) is 0.269. The van der Waals surface area contributed by atoms with Gasteiger partial charge in [-0.1, -0.05) is 54.2 Å². The number of nitrogens with zero attached hydrogens (tertiary/aromatic N) is 2. The van der Waals surface area contributed by atoms with E-state index in [1.54, 1.807) is 28.8 Å². The Morgan fingerprint density at radius 2 is 1.83 bits per heavy atom. The van der Waals surface area contributed by atoms with Crippen molar-refractivity contribution in [3.05, 3.63) is 71.5 Å². The van der Waals surface area contributed by atoms with Crippen LogP contribution in [-0.4, -0.2) is 29.1 Å². The quantitative estimate of drug-likeness (QED) is 0.860. The molecule has 0 unspecified atom stereocenters. The van der Waals surface area contributed by atoms with Crippen LogP contribution in [0.15, 0.2) is 59.6 Å². The number of amidine groups is 1. The molecule has 0 N–H and O–H groups in total. The molecule has 0 spiro atoms. The van der Waals surface area contributed by atoms with Gasteiger partial charge >= 0.3 is 0 Å². The Bertz CT molecular complexity index is 701. The lowest BCUT2D eigenvalue weighted by atomic mass is 10.1. The number of aliphatic imine (C=N–C) groups is 1. The molecule has 2 aromatic rings. The van der Waals surface area contributed by atoms with Crippen molar-refractivity contribution in [3.8, 4) is 0 Å². The summed E-state index contributed by atoms with van der Waals surface area (Å²) in [5.74, 6) is 0.511. The van der Waals surface area contributed by atoms with E-state index < -0.39 is 0 Å². The lowest BCUT2D eigenvalue weighted by Gasteiger charge is -2.18. The maximum atomic E-state index is 12.9. The van der Waals surface area contributed by atoms with E-state index in [1.807, 2.05) is 18.2 Å². The van der Waals surface area contributed by atoms with Gasteiger partial charge in [-0.05, 0) is 23.3 Å². The first-order valence-electron chi connectivity index (χ1n) is 7.48. The van der Waals surface area contributed by atoms with E-state index in [0.717, 1.165) is 16.5 Å². The van der Waals surface area contributed by atoms with Crippen LogP contribution in [0.5, 0.6) is 0 Å². The van der Waals surface area contributed by atoms with Crippen LogP contribution in [0.3, 0.4) is 0 Å². The van der Waals surface area contributed by atoms with Crippen LogP contribution in [0.1, 0.15) is 11.1 Å². The molecule has 3 nitrogen and oxygen atoms in total. The highest BCUT2D eigenvalue weighted by atomic mass is 32.2. The number of carbonyl (C=O) groups excluding carboxylic acids is 1. The Hall–Kier alpha value is -2.14. The highest BCUT2D eigenvalue weighted by Gasteiger charge is 2.23. The monoisotopic (exact) mass is 328 g/mol. The molecule has 0 fully saturated rings. The van der Waals surface area contributed by atoms with Gasteiger partial charge in [-0.15, -0.1) is 0 Å². The molecule has 1 amide bonds. The molecular formula is C18H17FN2OS. The summed E-state index contributed by atoms with van der Waals surface area (Å²) < 4.78 is 12.9. The van der Waals surface area contributed by atoms with Crippen molar-refractivity contribution in [2.45, 2.75) is 12.2 Å². The molecule has 1 aliphatic rings. The fourth-order valence-electron chi connectivity index (χ4n) is 2.38. The predicted octanol–water partition coefficient (Wildman–Crippen LogP) is 3.50. The predicted molar refractivity (Wildman–Crippen MR) is 91.9 cm³/mol. The Morgan fingerprint density at radius 3 is 2.57 bits per heavy atom. The first-order chi connectivity index (χ1) is 11.2. The number of carbonyl (C=O) groups is 1. The maximum Gasteiger partial charge on any atom is 0.233 e. The van der Waals surface area contributed by atoms with Crippen LogP contribution in [0.4, 0.5) is 4.39 Å². The summed E-state index contributed by atoms with van der Waals surface area (Å²) in [4.78, 5) is 18.6. The summed E-state index contributed by atoms with van der Waals surface area (Å²) >= 11 is 1.58. The largest absolute Gasteiger partial charge is 0.289 e. The molecule has 23 heavy (non-hydrogen) atoms. The fraction of sp³-hybridized carbons (Fsp3) is 0.222. The van der Waals surface area contributed by atoms with Gasteiger partial charge in [0.1, 0.15) is 5.82 Å². The Kier molecular flexibility index (Phi) is 5.08. The number of rotatable bonds is 4. The average molecular weight is 328 g/mol. The third-order valence-electron chi connectivity index (χ3n) is 3.58. The van der Waals surface area contributed by atoms with E-state index >= 15 is 0 Å². The Labute approximate surface area is 139 Å². The van der Waals surface area contributed by atoms with E-state index in [1.165, 1.54) is 17.7 Å². The third-order valence-corrected chi connectivity index (χ3v) is 4.67. The molecule has 2 aromatic carbocycles. The fourth-order valence-corrected chi connectivity index (χ4v) is 3.40. The van der Waals surface area contributed by atoms with Crippen molar-refractivity contribution in [1.82, 2.24) is 4.90 Å². The van der Waals surface area contributed by atoms with Gasteiger partial charge in [0.05, 0.1) is 13.0 Å². The van der Waals surface area contributed by atoms with E-state index in [4.69, 9.17) is 0 Å². The standard InChI is InChI=1S/C18H17FN2OS/c19-16-8-6-14(7-9-16)12-17(22)21-11-10-20-18(21)23-13-15-4-2-1-3-5-15/h1-9H,10-13H2. The van der Waals surface area contributed by atoms with Crippen LogP contribution >= 0.6 is 11.8 Å². The van der Waals surface area contributed by atoms with Gasteiger partial charge in [0, 0.05) is 12.3 Å². The smallest absolute Gasteiger partial charge is 0.233 e. The van der Waals surface area contributed by atoms with Crippen molar-refractivity contribution in [2.75, 3.05) is 13.1 Å². The zero-order chi connectivity index (χ0) is 16.1. The third kappa shape index (κ3) is 4.20. The number of hydrogen-bond acceptors (Lipinski definition) is 3. The normalized spacial score (nSPS) is 14.0. The number of benzene rings is 2. The zero-order valence-corrected chi connectivity index (χ0v) is 13.4. The van der Waals surface area contributed by atoms with E-state index in [-0.39, 0.29) is 18.1 Å². The number of amides is 1. The van der Waals surface area contributed by atoms with Crippen molar-refractivity contribution < 1.29 is 9.18 Å². The Balaban J connectivity index is 1.59. The second-order valence-electron chi connectivity index (χ2n) is 5.29. The lowest BCUT2D eigenvalue weighted by molar-refractivity contribution is -0.126. The van der Waals surface area contributed by atoms with E-state index in [0.29, 0.717) is 13.1 Å². The molecule has 3 rings (SSSR count). The summed E-state index contributed by atoms with van der Waals surface area (Å²) in [6, 6.07) is 16.2. The zero-order valence-electron chi connectivity index (χ0n) is 12.6. The minimum Gasteiger partial charge on any atom is -0.289 e. The van der Waals surface area contributed by atoms with Crippen LogP contribution in [0.25, 0.3) is 0 Å². The summed E-state index contributed by atoms with van der Waals surface area (Å²) in [6.45, 7) is 1.27. The molecule has 0 saturated carbocycles. The average Bonchev–Trinajstić information content (AvgIpc) is 3.05. The number of halogens is 1. The van der Waals surface area contributed by atoms with Crippen molar-refractivity contribution in [1.29, 1.82) is 0 Å². The Morgan fingerprint density at radius 1 is 1.09 bits per heavy atom. The minimum atomic E-state index is -0.289. The second kappa shape index (κ2) is 7.42. The van der Waals surface area contributed by atoms with Gasteiger partial charge in [-0.25, -0.2) is 4.39 Å². The van der Waals surface area contributed by atoms with Crippen LogP contribution < -0.4 is 0 Å². The van der Waals surface area contributed by atoms with Crippen LogP contribution in [0, 0.1) is 5.82 Å². The van der Waals surface area contributed by atoms with Gasteiger partial charge in [0.15, 0.2) is 5.17 Å². The molecule has 0 atom stereocenters. The summed E-state index contributed by atoms with van der Waals surface area (Å²) in [5.41, 5.74) is 2.02. The molecule has 0 aliphatic carbocycles. The summed E-state index contributed by atoms with van der Waals surface area (Å²) in [5, 5.41) is 0.779. The highest BCUT2D eigenvalue weighted by Crippen LogP contribution is 2.20. The van der Waals surface area contributed by atoms with Gasteiger partial charge < -0.3 is 0 Å². The topological polar surface area (TPSA) is 32.7 Å². The number of hydrogen-bond donors (Lipinski definition) is 0. The first-order valence-corrected chi connectivity index (χ1v) is 8.47. The molecule has 1 heterocycles. The molecule has 0 bridgehead atoms. The molecule has 118 valence electrons. The number of thioether (sulfide) groups is 1. The van der Waals surface area contributed by atoms with Crippen molar-refractivity contribution in [2.24, 2.45) is 4.99 Å². The lowest BCUT2D eigenvalue weighted by Crippen LogP contribution is -2.34. The first kappa shape index (κ1) is 15.7. The second-order valence-corrected chi connectivity index (χ2v) is 6.23. The van der Waals surface area contributed by atoms with Crippen LogP contribution in [0.2, 0.25) is 0 Å². The van der Waals surface area contributed by atoms with Crippen molar-refractivity contribution in [3.63, 3.8) is 0 Å². The van der Waals surface area contributed by atoms with Gasteiger partial charge in [-0.2, -0.15) is 0 Å². The van der Waals surface area contributed by atoms with E-state index in [2.05, 4.69) is 17.1 Å². The van der Waals surface area contributed by atoms with Gasteiger partial charge in [0.2, 0.25) is 5.91 Å². The molecular weight excluding hydrogens is 311 g/mol. The maximum absolute atomic E-state index is 12.9. The van der Waals surface area contributed by atoms with Crippen LogP contribution in [-0.2, 0) is 17.0 Å². The molecule has 0 aromatic heterocycles. The molecule has 1 aliphatic heterocycles. The SMILES string of the molecule is O=C(Cc1ccc(F)cc1)N1CCN=C1SCc1ccccc1. The molecule has 5 heteroatoms. The van der Waals surface area contributed by atoms with Gasteiger partial charge in [-0.3, -0.25) is 14.7 Å². The van der Waals surface area contributed by atoms with Crippen molar-refractivity contribution >= 4 is 22.8 Å². The summed E-state index contributed by atoms with van der Waals surface area (Å²) in [7, 11) is 0. The van der Waals surface area contributed by atoms with Gasteiger partial charge in [0.25, 0.3) is 0 Å². The van der Waals surface area contributed by atoms with E-state index in [9.17, 15) is 9.18 Å². The molecule has 0 saturated heterocycles. The highest BCUT2D eigenvalue weighted by molar-refractivity contribution is 8.13. The minimum absolute atomic E-state index is 0.00780.